The van der Waals surface area contributed by atoms with Gasteiger partial charge in [-0.25, -0.2) is 0 Å². The maximum Gasteiger partial charge on any atom is 0.219 e. The number of nitrogens with zero attached hydrogens (tertiary/aromatic N) is 3. The van der Waals surface area contributed by atoms with Crippen molar-refractivity contribution in [1.82, 2.24) is 15.1 Å². The Kier molecular flexibility index (Phi) is 7.24. The standard InChI is InChI=1S/C17H26N4O2S/c1-15(22)20-9-11-21(12-10-20)17(18-2)19-8-13-24(23)14-16-6-4-3-5-7-16/h3-7H,8-14H2,1-2H3,(H,18,19). The molecule has 7 heteroatoms. The topological polar surface area (TPSA) is 65.0 Å². The van der Waals surface area contributed by atoms with Gasteiger partial charge >= 0.3 is 0 Å². The number of aliphatic imine (C=N–C) groups is 1. The van der Waals surface area contributed by atoms with E-state index in [1.807, 2.05) is 35.2 Å². The molecule has 1 N–H and O–H groups in total. The van der Waals surface area contributed by atoms with Crippen LogP contribution in [0, 0.1) is 0 Å². The molecule has 0 radical (unpaired) electrons. The SMILES string of the molecule is CN=C(NCCS(=O)Cc1ccccc1)N1CCN(C(C)=O)CC1. The second-order valence-corrected chi connectivity index (χ2v) is 7.32. The Hall–Kier alpha value is -1.89. The summed E-state index contributed by atoms with van der Waals surface area (Å²) in [6.07, 6.45) is 0. The molecule has 0 aliphatic carbocycles. The molecule has 6 nitrogen and oxygen atoms in total. The van der Waals surface area contributed by atoms with E-state index in [4.69, 9.17) is 0 Å². The van der Waals surface area contributed by atoms with E-state index in [0.29, 0.717) is 18.1 Å². The lowest BCUT2D eigenvalue weighted by Crippen LogP contribution is -2.53. The number of benzene rings is 1. The number of guanidine groups is 1. The number of amides is 1. The van der Waals surface area contributed by atoms with E-state index in [0.717, 1.165) is 37.7 Å². The first kappa shape index (κ1) is 18.4. The van der Waals surface area contributed by atoms with Crippen LogP contribution in [0.5, 0.6) is 0 Å². The molecule has 132 valence electrons. The molecule has 0 aromatic heterocycles. The largest absolute Gasteiger partial charge is 0.355 e. The molecule has 1 aromatic carbocycles. The van der Waals surface area contributed by atoms with Crippen LogP contribution >= 0.6 is 0 Å². The summed E-state index contributed by atoms with van der Waals surface area (Å²) in [5, 5.41) is 3.28. The van der Waals surface area contributed by atoms with Crippen LogP contribution in [-0.2, 0) is 21.3 Å². The van der Waals surface area contributed by atoms with Crippen molar-refractivity contribution in [2.75, 3.05) is 45.5 Å². The second-order valence-electron chi connectivity index (χ2n) is 5.74. The van der Waals surface area contributed by atoms with Crippen molar-refractivity contribution in [3.8, 4) is 0 Å². The smallest absolute Gasteiger partial charge is 0.219 e. The molecule has 0 bridgehead atoms. The minimum atomic E-state index is -0.895. The van der Waals surface area contributed by atoms with Crippen LogP contribution in [0.4, 0.5) is 0 Å². The van der Waals surface area contributed by atoms with Crippen LogP contribution < -0.4 is 5.32 Å². The summed E-state index contributed by atoms with van der Waals surface area (Å²) >= 11 is 0. The highest BCUT2D eigenvalue weighted by Crippen LogP contribution is 2.04. The fraction of sp³-hybridized carbons (Fsp3) is 0.529. The van der Waals surface area contributed by atoms with E-state index in [-0.39, 0.29) is 5.91 Å². The Morgan fingerprint density at radius 3 is 2.38 bits per heavy atom. The summed E-state index contributed by atoms with van der Waals surface area (Å²) in [6.45, 7) is 5.20. The van der Waals surface area contributed by atoms with Crippen LogP contribution in [0.1, 0.15) is 12.5 Å². The van der Waals surface area contributed by atoms with E-state index in [9.17, 15) is 9.00 Å². The van der Waals surface area contributed by atoms with Crippen molar-refractivity contribution in [2.45, 2.75) is 12.7 Å². The van der Waals surface area contributed by atoms with Gasteiger partial charge < -0.3 is 15.1 Å². The second kappa shape index (κ2) is 9.42. The molecule has 1 saturated heterocycles. The van der Waals surface area contributed by atoms with Gasteiger partial charge in [0.15, 0.2) is 5.96 Å². The van der Waals surface area contributed by atoms with Crippen LogP contribution in [0.2, 0.25) is 0 Å². The number of hydrogen-bond donors (Lipinski definition) is 1. The highest BCUT2D eigenvalue weighted by Gasteiger charge is 2.20. The predicted molar refractivity (Wildman–Crippen MR) is 98.3 cm³/mol. The molecule has 1 heterocycles. The third kappa shape index (κ3) is 5.63. The zero-order chi connectivity index (χ0) is 17.4. The Morgan fingerprint density at radius 1 is 1.17 bits per heavy atom. The zero-order valence-corrected chi connectivity index (χ0v) is 15.2. The van der Waals surface area contributed by atoms with E-state index in [1.165, 1.54) is 0 Å². The molecule has 1 aliphatic rings. The summed E-state index contributed by atoms with van der Waals surface area (Å²) in [5.41, 5.74) is 1.10. The van der Waals surface area contributed by atoms with Crippen molar-refractivity contribution < 1.29 is 9.00 Å². The van der Waals surface area contributed by atoms with Crippen molar-refractivity contribution in [1.29, 1.82) is 0 Å². The molecule has 0 spiro atoms. The first-order chi connectivity index (χ1) is 11.6. The quantitative estimate of drug-likeness (QED) is 0.626. The predicted octanol–water partition coefficient (Wildman–Crippen LogP) is 0.675. The lowest BCUT2D eigenvalue weighted by Gasteiger charge is -2.36. The van der Waals surface area contributed by atoms with Crippen LogP contribution in [0.15, 0.2) is 35.3 Å². The van der Waals surface area contributed by atoms with E-state index in [1.54, 1.807) is 14.0 Å². The van der Waals surface area contributed by atoms with E-state index < -0.39 is 10.8 Å². The molecule has 24 heavy (non-hydrogen) atoms. The fourth-order valence-electron chi connectivity index (χ4n) is 2.67. The lowest BCUT2D eigenvalue weighted by molar-refractivity contribution is -0.130. The maximum atomic E-state index is 12.1. The molecular weight excluding hydrogens is 324 g/mol. The lowest BCUT2D eigenvalue weighted by atomic mass is 10.2. The number of hydrogen-bond acceptors (Lipinski definition) is 3. The molecule has 1 amide bonds. The highest BCUT2D eigenvalue weighted by atomic mass is 32.2. The highest BCUT2D eigenvalue weighted by molar-refractivity contribution is 7.84. The summed E-state index contributed by atoms with van der Waals surface area (Å²) in [7, 11) is 0.855. The van der Waals surface area contributed by atoms with Crippen molar-refractivity contribution in [2.24, 2.45) is 4.99 Å². The molecule has 1 fully saturated rings. The van der Waals surface area contributed by atoms with Gasteiger partial charge in [0.1, 0.15) is 0 Å². The summed E-state index contributed by atoms with van der Waals surface area (Å²) in [5.74, 6) is 2.10. The monoisotopic (exact) mass is 350 g/mol. The minimum Gasteiger partial charge on any atom is -0.355 e. The Balaban J connectivity index is 1.72. The first-order valence-corrected chi connectivity index (χ1v) is 9.69. The van der Waals surface area contributed by atoms with Gasteiger partial charge in [-0.05, 0) is 5.56 Å². The van der Waals surface area contributed by atoms with Crippen molar-refractivity contribution in [3.05, 3.63) is 35.9 Å². The van der Waals surface area contributed by atoms with Crippen LogP contribution in [0.3, 0.4) is 0 Å². The van der Waals surface area contributed by atoms with Gasteiger partial charge in [0.05, 0.1) is 0 Å². The number of rotatable bonds is 5. The molecule has 1 aliphatic heterocycles. The first-order valence-electron chi connectivity index (χ1n) is 8.20. The van der Waals surface area contributed by atoms with Gasteiger partial charge in [0.2, 0.25) is 5.91 Å². The average molecular weight is 350 g/mol. The molecular formula is C17H26N4O2S. The van der Waals surface area contributed by atoms with Gasteiger partial charge in [0.25, 0.3) is 0 Å². The van der Waals surface area contributed by atoms with Gasteiger partial charge in [0, 0.05) is 69.0 Å². The van der Waals surface area contributed by atoms with Crippen molar-refractivity contribution in [3.63, 3.8) is 0 Å². The fourth-order valence-corrected chi connectivity index (χ4v) is 3.71. The normalized spacial score (nSPS) is 16.8. The number of piperazine rings is 1. The van der Waals surface area contributed by atoms with Gasteiger partial charge in [-0.3, -0.25) is 14.0 Å². The molecule has 1 unspecified atom stereocenters. The third-order valence-corrected chi connectivity index (χ3v) is 5.33. The maximum absolute atomic E-state index is 12.1. The summed E-state index contributed by atoms with van der Waals surface area (Å²) in [4.78, 5) is 19.6. The number of carbonyl (C=O) groups is 1. The van der Waals surface area contributed by atoms with E-state index >= 15 is 0 Å². The Morgan fingerprint density at radius 2 is 1.79 bits per heavy atom. The minimum absolute atomic E-state index is 0.119. The zero-order valence-electron chi connectivity index (χ0n) is 14.4. The number of nitrogens with one attached hydrogen (secondary N) is 1. The van der Waals surface area contributed by atoms with Crippen LogP contribution in [0.25, 0.3) is 0 Å². The average Bonchev–Trinajstić information content (AvgIpc) is 2.60. The van der Waals surface area contributed by atoms with Crippen molar-refractivity contribution >= 4 is 22.7 Å². The molecule has 1 aromatic rings. The van der Waals surface area contributed by atoms with Gasteiger partial charge in [-0.1, -0.05) is 30.3 Å². The van der Waals surface area contributed by atoms with E-state index in [2.05, 4.69) is 15.2 Å². The third-order valence-electron chi connectivity index (χ3n) is 4.02. The molecule has 1 atom stereocenters. The number of carbonyl (C=O) groups excluding carboxylic acids is 1. The van der Waals surface area contributed by atoms with Gasteiger partial charge in [-0.2, -0.15) is 0 Å². The molecule has 0 saturated carbocycles. The molecule has 2 rings (SSSR count). The van der Waals surface area contributed by atoms with Crippen LogP contribution in [-0.4, -0.2) is 71.4 Å². The summed E-state index contributed by atoms with van der Waals surface area (Å²) < 4.78 is 12.1. The Labute approximate surface area is 146 Å². The Bertz CT molecular complexity index is 584. The van der Waals surface area contributed by atoms with Gasteiger partial charge in [-0.15, -0.1) is 0 Å². The summed E-state index contributed by atoms with van der Waals surface area (Å²) in [6, 6.07) is 9.89.